The fraction of sp³-hybridized carbons (Fsp3) is 1.00. The van der Waals surface area contributed by atoms with Crippen molar-refractivity contribution in [2.24, 2.45) is 0 Å². The molecule has 0 amide bonds. The van der Waals surface area contributed by atoms with Crippen LogP contribution in [0.4, 0.5) is 0 Å². The summed E-state index contributed by atoms with van der Waals surface area (Å²) in [6.07, 6.45) is 2.72. The molecule has 0 unspecified atom stereocenters. The van der Waals surface area contributed by atoms with Crippen molar-refractivity contribution in [1.29, 1.82) is 0 Å². The molecule has 0 saturated heterocycles. The molecular formula is C15H33NO. The van der Waals surface area contributed by atoms with E-state index in [0.29, 0.717) is 0 Å². The third kappa shape index (κ3) is 2.39. The monoisotopic (exact) mass is 243 g/mol. The Hall–Kier alpha value is -0.0800. The molecule has 0 fully saturated rings. The van der Waals surface area contributed by atoms with Crippen LogP contribution >= 0.6 is 0 Å². The lowest BCUT2D eigenvalue weighted by molar-refractivity contribution is -1.01. The van der Waals surface area contributed by atoms with Crippen molar-refractivity contribution < 1.29 is 4.65 Å². The lowest BCUT2D eigenvalue weighted by atomic mass is 9.80. The highest BCUT2D eigenvalue weighted by Gasteiger charge is 2.53. The van der Waals surface area contributed by atoms with E-state index < -0.39 is 0 Å². The van der Waals surface area contributed by atoms with Gasteiger partial charge >= 0.3 is 0 Å². The predicted molar refractivity (Wildman–Crippen MR) is 76.7 cm³/mol. The second-order valence-corrected chi connectivity index (χ2v) is 7.11. The van der Waals surface area contributed by atoms with Crippen molar-refractivity contribution in [1.82, 2.24) is 0 Å². The molecule has 2 heteroatoms. The normalized spacial score (nSPS) is 15.2. The van der Waals surface area contributed by atoms with Crippen LogP contribution in [0.5, 0.6) is 0 Å². The minimum atomic E-state index is -0.251. The summed E-state index contributed by atoms with van der Waals surface area (Å²) in [6.45, 7) is 19.1. The van der Waals surface area contributed by atoms with E-state index in [2.05, 4.69) is 62.3 Å². The first-order chi connectivity index (χ1) is 7.43. The Labute approximate surface area is 109 Å². The number of hydroxylamine groups is 3. The average Bonchev–Trinajstić information content (AvgIpc) is 2.27. The van der Waals surface area contributed by atoms with Gasteiger partial charge in [-0.2, -0.15) is 0 Å². The van der Waals surface area contributed by atoms with E-state index in [9.17, 15) is 5.21 Å². The summed E-state index contributed by atoms with van der Waals surface area (Å²) in [5.41, 5.74) is -0.753. The van der Waals surface area contributed by atoms with Gasteiger partial charge in [0.15, 0.2) is 0 Å². The van der Waals surface area contributed by atoms with Crippen LogP contribution in [0.2, 0.25) is 0 Å². The summed E-state index contributed by atoms with van der Waals surface area (Å²) in [4.78, 5) is 0. The van der Waals surface area contributed by atoms with Gasteiger partial charge in [-0.15, -0.1) is 0 Å². The van der Waals surface area contributed by atoms with E-state index in [-0.39, 0.29) is 21.3 Å². The van der Waals surface area contributed by atoms with Gasteiger partial charge in [0.05, 0.1) is 16.6 Å². The third-order valence-corrected chi connectivity index (χ3v) is 5.15. The van der Waals surface area contributed by atoms with E-state index in [0.717, 1.165) is 19.3 Å². The SMILES string of the molecule is CCC(C)(C)[N+]([O-])(C(C)(C)CC)C(C)(C)CC. The zero-order chi connectivity index (χ0) is 14.1. The number of hydrogen-bond donors (Lipinski definition) is 0. The van der Waals surface area contributed by atoms with Gasteiger partial charge in [-0.3, -0.25) is 0 Å². The molecule has 0 aromatic rings. The highest BCUT2D eigenvalue weighted by molar-refractivity contribution is 4.87. The summed E-state index contributed by atoms with van der Waals surface area (Å²) in [5.74, 6) is 0. The summed E-state index contributed by atoms with van der Waals surface area (Å²) >= 11 is 0. The Morgan fingerprint density at radius 2 is 0.824 bits per heavy atom. The van der Waals surface area contributed by atoms with E-state index in [1.165, 1.54) is 0 Å². The minimum absolute atomic E-state index is 0.115. The molecule has 0 aromatic heterocycles. The molecule has 0 aromatic carbocycles. The van der Waals surface area contributed by atoms with Gasteiger partial charge in [0.25, 0.3) is 0 Å². The second kappa shape index (κ2) is 4.89. The molecule has 0 N–H and O–H groups in total. The van der Waals surface area contributed by atoms with Crippen molar-refractivity contribution in [3.05, 3.63) is 5.21 Å². The lowest BCUT2D eigenvalue weighted by Crippen LogP contribution is -2.75. The molecule has 0 atom stereocenters. The van der Waals surface area contributed by atoms with Crippen LogP contribution in [0, 0.1) is 5.21 Å². The van der Waals surface area contributed by atoms with Crippen molar-refractivity contribution in [2.45, 2.75) is 98.2 Å². The molecule has 0 aliphatic heterocycles. The highest BCUT2D eigenvalue weighted by Crippen LogP contribution is 2.46. The maximum atomic E-state index is 13.8. The molecule has 0 rings (SSSR count). The third-order valence-electron chi connectivity index (χ3n) is 5.15. The maximum Gasteiger partial charge on any atom is 0.0938 e. The van der Waals surface area contributed by atoms with Crippen LogP contribution in [-0.4, -0.2) is 21.3 Å². The molecule has 0 aliphatic carbocycles. The van der Waals surface area contributed by atoms with E-state index in [1.54, 1.807) is 0 Å². The van der Waals surface area contributed by atoms with Gasteiger partial charge in [0.1, 0.15) is 0 Å². The first kappa shape index (κ1) is 16.9. The van der Waals surface area contributed by atoms with Crippen molar-refractivity contribution in [3.63, 3.8) is 0 Å². The summed E-state index contributed by atoms with van der Waals surface area (Å²) < 4.78 is -0.115. The molecule has 2 nitrogen and oxygen atoms in total. The topological polar surface area (TPSA) is 23.1 Å². The largest absolute Gasteiger partial charge is 0.632 e. The maximum absolute atomic E-state index is 13.8. The zero-order valence-electron chi connectivity index (χ0n) is 13.5. The zero-order valence-corrected chi connectivity index (χ0v) is 13.5. The molecule has 0 bridgehead atoms. The van der Waals surface area contributed by atoms with Crippen molar-refractivity contribution >= 4 is 0 Å². The molecule has 17 heavy (non-hydrogen) atoms. The van der Waals surface area contributed by atoms with Crippen LogP contribution in [0.1, 0.15) is 81.6 Å². The fourth-order valence-electron chi connectivity index (χ4n) is 3.13. The van der Waals surface area contributed by atoms with Crippen LogP contribution in [-0.2, 0) is 0 Å². The quantitative estimate of drug-likeness (QED) is 0.482. The van der Waals surface area contributed by atoms with Crippen LogP contribution in [0.3, 0.4) is 0 Å². The molecular weight excluding hydrogens is 210 g/mol. The molecule has 0 aliphatic rings. The average molecular weight is 243 g/mol. The van der Waals surface area contributed by atoms with Crippen molar-refractivity contribution in [3.8, 4) is 0 Å². The van der Waals surface area contributed by atoms with Gasteiger partial charge in [-0.05, 0) is 60.8 Å². The predicted octanol–water partition coefficient (Wildman–Crippen LogP) is 4.87. The lowest BCUT2D eigenvalue weighted by Gasteiger charge is -2.69. The van der Waals surface area contributed by atoms with Gasteiger partial charge in [0, 0.05) is 0 Å². The number of quaternary nitrogens is 1. The Morgan fingerprint density at radius 1 is 0.647 bits per heavy atom. The summed E-state index contributed by atoms with van der Waals surface area (Å²) in [6, 6.07) is 0. The highest BCUT2D eigenvalue weighted by atomic mass is 16.6. The van der Waals surface area contributed by atoms with Crippen LogP contribution in [0.25, 0.3) is 0 Å². The second-order valence-electron chi connectivity index (χ2n) is 7.11. The minimum Gasteiger partial charge on any atom is -0.632 e. The van der Waals surface area contributed by atoms with Gasteiger partial charge in [0.2, 0.25) is 0 Å². The van der Waals surface area contributed by atoms with Crippen molar-refractivity contribution in [2.75, 3.05) is 0 Å². The molecule has 0 heterocycles. The Morgan fingerprint density at radius 3 is 0.941 bits per heavy atom. The van der Waals surface area contributed by atoms with E-state index >= 15 is 0 Å². The van der Waals surface area contributed by atoms with Gasteiger partial charge in [-0.1, -0.05) is 20.8 Å². The summed E-state index contributed by atoms with van der Waals surface area (Å²) in [5, 5.41) is 13.8. The Bertz CT molecular complexity index is 213. The smallest absolute Gasteiger partial charge is 0.0938 e. The Balaban J connectivity index is 5.88. The molecule has 0 spiro atoms. The number of hydrogen-bond acceptors (Lipinski definition) is 1. The number of nitrogens with zero attached hydrogens (tertiary/aromatic N) is 1. The number of rotatable bonds is 6. The van der Waals surface area contributed by atoms with Crippen LogP contribution < -0.4 is 0 Å². The molecule has 0 radical (unpaired) electrons. The Kier molecular flexibility index (Phi) is 4.87. The summed E-state index contributed by atoms with van der Waals surface area (Å²) in [7, 11) is 0. The van der Waals surface area contributed by atoms with Gasteiger partial charge < -0.3 is 9.85 Å². The van der Waals surface area contributed by atoms with E-state index in [4.69, 9.17) is 0 Å². The molecule has 0 saturated carbocycles. The van der Waals surface area contributed by atoms with Crippen LogP contribution in [0.15, 0.2) is 0 Å². The fourth-order valence-corrected chi connectivity index (χ4v) is 3.13. The van der Waals surface area contributed by atoms with Gasteiger partial charge in [-0.25, -0.2) is 0 Å². The molecule has 104 valence electrons. The standard InChI is InChI=1S/C15H33NO/c1-10-13(4,5)16(17,14(6,7)11-2)15(8,9)12-3/h10-12H2,1-9H3. The first-order valence-electron chi connectivity index (χ1n) is 7.04. The van der Waals surface area contributed by atoms with E-state index in [1.807, 2.05) is 0 Å². The first-order valence-corrected chi connectivity index (χ1v) is 7.04.